The van der Waals surface area contributed by atoms with Crippen molar-refractivity contribution >= 4 is 17.6 Å². The second-order valence-electron chi connectivity index (χ2n) is 7.07. The Kier molecular flexibility index (Phi) is 6.59. The maximum atomic E-state index is 13.1. The van der Waals surface area contributed by atoms with E-state index in [1.807, 2.05) is 0 Å². The number of terminal acetylenes is 2. The van der Waals surface area contributed by atoms with Crippen molar-refractivity contribution in [3.05, 3.63) is 50.4 Å². The molecule has 0 atom stereocenters. The zero-order chi connectivity index (χ0) is 24.3. The minimum Gasteiger partial charge on any atom is -0.454 e. The molecule has 0 unspecified atom stereocenters. The minimum atomic E-state index is -1.22. The normalized spacial score (nSPS) is 15.1. The van der Waals surface area contributed by atoms with Gasteiger partial charge in [-0.15, -0.1) is 12.8 Å². The number of hydrogen-bond donors (Lipinski definition) is 0. The number of ether oxygens (including phenoxy) is 4. The predicted octanol–water partition coefficient (Wildman–Crippen LogP) is 2.25. The Morgan fingerprint density at radius 2 is 1.58 bits per heavy atom. The third kappa shape index (κ3) is 4.19. The summed E-state index contributed by atoms with van der Waals surface area (Å²) in [4.78, 5) is 39.1. The topological polar surface area (TPSA) is 117 Å². The summed E-state index contributed by atoms with van der Waals surface area (Å²) in [6.45, 7) is 2.49. The number of nitro groups is 1. The molecule has 3 rings (SSSR count). The molecule has 0 aliphatic carbocycles. The zero-order valence-electron chi connectivity index (χ0n) is 18.2. The minimum absolute atomic E-state index is 0.00651. The Morgan fingerprint density at radius 3 is 2.03 bits per heavy atom. The van der Waals surface area contributed by atoms with Gasteiger partial charge in [0.05, 0.1) is 28.1 Å². The molecule has 0 aromatic heterocycles. The summed E-state index contributed by atoms with van der Waals surface area (Å²) in [7, 11) is 1.64. The van der Waals surface area contributed by atoms with Crippen molar-refractivity contribution in [1.82, 2.24) is 4.90 Å². The zero-order valence-corrected chi connectivity index (χ0v) is 18.2. The molecule has 0 bridgehead atoms. The molecule has 0 N–H and O–H groups in total. The van der Waals surface area contributed by atoms with Crippen LogP contribution in [0.3, 0.4) is 0 Å². The highest BCUT2D eigenvalue weighted by molar-refractivity contribution is 6.00. The van der Waals surface area contributed by atoms with Gasteiger partial charge in [-0.25, -0.2) is 9.59 Å². The fourth-order valence-corrected chi connectivity index (χ4v) is 3.72. The van der Waals surface area contributed by atoms with Crippen LogP contribution >= 0.6 is 0 Å². The molecule has 0 fully saturated rings. The summed E-state index contributed by atoms with van der Waals surface area (Å²) >= 11 is 0. The van der Waals surface area contributed by atoms with Gasteiger partial charge in [-0.1, -0.05) is 11.8 Å². The number of carbonyl (C=O) groups excluding carboxylic acids is 2. The van der Waals surface area contributed by atoms with Gasteiger partial charge in [0, 0.05) is 24.0 Å². The van der Waals surface area contributed by atoms with Crippen molar-refractivity contribution in [3.8, 4) is 36.2 Å². The van der Waals surface area contributed by atoms with E-state index in [4.69, 9.17) is 31.8 Å². The highest BCUT2D eigenvalue weighted by atomic mass is 16.7. The molecule has 1 aromatic rings. The molecule has 10 nitrogen and oxygen atoms in total. The summed E-state index contributed by atoms with van der Waals surface area (Å²) in [5, 5.41) is 12.0. The van der Waals surface area contributed by atoms with Crippen molar-refractivity contribution in [2.45, 2.75) is 19.8 Å². The van der Waals surface area contributed by atoms with E-state index in [0.717, 1.165) is 0 Å². The van der Waals surface area contributed by atoms with Crippen LogP contribution in [0.1, 0.15) is 25.3 Å². The average molecular weight is 452 g/mol. The smallest absolute Gasteiger partial charge is 0.337 e. The maximum Gasteiger partial charge on any atom is 0.337 e. The molecule has 33 heavy (non-hydrogen) atoms. The third-order valence-electron chi connectivity index (χ3n) is 5.41. The molecule has 170 valence electrons. The molecular weight excluding hydrogens is 432 g/mol. The van der Waals surface area contributed by atoms with E-state index in [-0.39, 0.29) is 53.9 Å². The quantitative estimate of drug-likeness (QED) is 0.277. The lowest BCUT2D eigenvalue weighted by molar-refractivity contribution is -0.385. The van der Waals surface area contributed by atoms with Crippen molar-refractivity contribution in [2.75, 3.05) is 27.1 Å². The fraction of sp³-hybridized carbons (Fsp3) is 0.304. The molecule has 0 radical (unpaired) electrons. The molecule has 10 heteroatoms. The largest absolute Gasteiger partial charge is 0.454 e. The van der Waals surface area contributed by atoms with Crippen molar-refractivity contribution in [1.29, 1.82) is 0 Å². The van der Waals surface area contributed by atoms with Crippen molar-refractivity contribution in [2.24, 2.45) is 0 Å². The van der Waals surface area contributed by atoms with Gasteiger partial charge in [0.15, 0.2) is 24.7 Å². The maximum absolute atomic E-state index is 13.1. The summed E-state index contributed by atoms with van der Waals surface area (Å²) in [5.74, 6) is 1.94. The second kappa shape index (κ2) is 9.37. The summed E-state index contributed by atoms with van der Waals surface area (Å²) in [5.41, 5.74) is 0.469. The number of esters is 2. The number of benzene rings is 1. The first kappa shape index (κ1) is 23.2. The number of hydrogen-bond acceptors (Lipinski definition) is 9. The molecule has 0 saturated heterocycles. The van der Waals surface area contributed by atoms with Crippen LogP contribution in [0.5, 0.6) is 11.5 Å². The number of rotatable bonds is 6. The molecule has 1 aromatic carbocycles. The van der Waals surface area contributed by atoms with Crippen LogP contribution in [-0.4, -0.2) is 48.8 Å². The Bertz CT molecular complexity index is 1130. The molecule has 2 aliphatic heterocycles. The van der Waals surface area contributed by atoms with Crippen LogP contribution in [0, 0.1) is 34.8 Å². The fourth-order valence-electron chi connectivity index (χ4n) is 3.72. The summed E-state index contributed by atoms with van der Waals surface area (Å²) < 4.78 is 20.9. The lowest BCUT2D eigenvalue weighted by Crippen LogP contribution is -2.34. The first-order valence-corrected chi connectivity index (χ1v) is 9.67. The molecule has 0 spiro atoms. The van der Waals surface area contributed by atoms with E-state index in [1.54, 1.807) is 25.8 Å². The van der Waals surface area contributed by atoms with Gasteiger partial charge in [-0.05, 0) is 19.9 Å². The highest BCUT2D eigenvalue weighted by Gasteiger charge is 2.43. The van der Waals surface area contributed by atoms with Gasteiger partial charge in [0.1, 0.15) is 0 Å². The Hall–Kier alpha value is -4.44. The van der Waals surface area contributed by atoms with Crippen LogP contribution < -0.4 is 9.47 Å². The third-order valence-corrected chi connectivity index (χ3v) is 5.41. The molecule has 0 amide bonds. The van der Waals surface area contributed by atoms with Crippen LogP contribution in [0.4, 0.5) is 5.69 Å². The Morgan fingerprint density at radius 1 is 1.09 bits per heavy atom. The summed E-state index contributed by atoms with van der Waals surface area (Å²) in [6.07, 6.45) is 10.4. The lowest BCUT2D eigenvalue weighted by atomic mass is 9.79. The summed E-state index contributed by atoms with van der Waals surface area (Å²) in [6, 6.07) is 2.56. The van der Waals surface area contributed by atoms with Crippen LogP contribution in [0.15, 0.2) is 34.7 Å². The van der Waals surface area contributed by atoms with E-state index in [9.17, 15) is 19.7 Å². The van der Waals surface area contributed by atoms with Gasteiger partial charge in [-0.2, -0.15) is 0 Å². The van der Waals surface area contributed by atoms with E-state index < -0.39 is 22.8 Å². The molecule has 2 aliphatic rings. The van der Waals surface area contributed by atoms with Crippen LogP contribution in [-0.2, 0) is 19.1 Å². The number of nitro benzene ring substituents is 1. The van der Waals surface area contributed by atoms with Gasteiger partial charge in [0.2, 0.25) is 6.79 Å². The predicted molar refractivity (Wildman–Crippen MR) is 115 cm³/mol. The Labute approximate surface area is 189 Å². The number of nitrogens with zero attached hydrogens (tertiary/aromatic N) is 2. The van der Waals surface area contributed by atoms with E-state index >= 15 is 0 Å². The van der Waals surface area contributed by atoms with Crippen molar-refractivity contribution in [3.63, 3.8) is 0 Å². The van der Waals surface area contributed by atoms with Gasteiger partial charge in [0.25, 0.3) is 5.69 Å². The van der Waals surface area contributed by atoms with Crippen LogP contribution in [0.25, 0.3) is 0 Å². The first-order chi connectivity index (χ1) is 15.7. The number of fused-ring (bicyclic) bond motifs is 1. The van der Waals surface area contributed by atoms with Gasteiger partial charge >= 0.3 is 11.9 Å². The van der Waals surface area contributed by atoms with Crippen molar-refractivity contribution < 1.29 is 33.5 Å². The van der Waals surface area contributed by atoms with E-state index in [0.29, 0.717) is 11.4 Å². The first-order valence-electron chi connectivity index (χ1n) is 9.67. The highest BCUT2D eigenvalue weighted by Crippen LogP contribution is 2.48. The molecular formula is C23H20N2O8. The number of allylic oxidation sites excluding steroid dienone is 2. The van der Waals surface area contributed by atoms with Gasteiger partial charge < -0.3 is 23.8 Å². The standard InChI is InChI=1S/C23H20N2O8/c1-6-8-30-22(26)19-13(3)24(5)14(4)20(23(27)31-9-7-2)21(19)15-10-17-18(33-12-32-17)11-16(15)25(28)29/h1-2,10-11,21H,8-9,12H2,3-5H3. The average Bonchev–Trinajstić information content (AvgIpc) is 3.25. The van der Waals surface area contributed by atoms with Crippen LogP contribution in [0.2, 0.25) is 0 Å². The van der Waals surface area contributed by atoms with Gasteiger partial charge in [-0.3, -0.25) is 10.1 Å². The molecule has 2 heterocycles. The Balaban J connectivity index is 2.31. The SMILES string of the molecule is C#CCOC(=O)C1=C(C)N(C)C(C)=C(C(=O)OCC#C)C1c1cc2c(cc1[N+](=O)[O-])OCO2. The monoisotopic (exact) mass is 452 g/mol. The second-order valence-corrected chi connectivity index (χ2v) is 7.07. The molecule has 0 saturated carbocycles. The lowest BCUT2D eigenvalue weighted by Gasteiger charge is -2.35. The van der Waals surface area contributed by atoms with E-state index in [2.05, 4.69) is 11.8 Å². The van der Waals surface area contributed by atoms with E-state index in [1.165, 1.54) is 12.1 Å². The number of carbonyl (C=O) groups is 2.